The van der Waals surface area contributed by atoms with Gasteiger partial charge in [0.05, 0.1) is 12.4 Å². The second-order valence-electron chi connectivity index (χ2n) is 4.03. The number of carbonyl (C=O) groups excluding carboxylic acids is 2. The van der Waals surface area contributed by atoms with E-state index in [0.29, 0.717) is 28.9 Å². The first-order valence-electron chi connectivity index (χ1n) is 6.18. The molecule has 0 radical (unpaired) electrons. The largest absolute Gasteiger partial charge is 0.465 e. The summed E-state index contributed by atoms with van der Waals surface area (Å²) < 4.78 is 5.42. The fourth-order valence-electron chi connectivity index (χ4n) is 1.18. The van der Waals surface area contributed by atoms with Crippen molar-refractivity contribution in [3.63, 3.8) is 0 Å². The number of ether oxygens (including phenoxy) is 1. The number of nitrogens with two attached hydrogens (primary N) is 1. The molecule has 0 saturated heterocycles. The molecule has 1 aromatic rings. The third-order valence-electron chi connectivity index (χ3n) is 2.10. The number of aromatic nitrogens is 2. The monoisotopic (exact) mass is 318 g/mol. The van der Waals surface area contributed by atoms with Crippen molar-refractivity contribution in [2.75, 3.05) is 17.7 Å². The van der Waals surface area contributed by atoms with Crippen molar-refractivity contribution in [2.45, 2.75) is 37.1 Å². The summed E-state index contributed by atoms with van der Waals surface area (Å²) in [5.41, 5.74) is 5.58. The molecule has 0 spiro atoms. The van der Waals surface area contributed by atoms with Gasteiger partial charge in [-0.3, -0.25) is 9.59 Å². The molecule has 20 heavy (non-hydrogen) atoms. The first-order valence-corrected chi connectivity index (χ1v) is 7.98. The van der Waals surface area contributed by atoms with Crippen molar-refractivity contribution in [1.29, 1.82) is 0 Å². The number of hydrogen-bond donors (Lipinski definition) is 2. The molecule has 0 aliphatic rings. The number of nitrogens with one attached hydrogen (secondary N) is 1. The molecule has 9 heteroatoms. The maximum atomic E-state index is 11.6. The van der Waals surface area contributed by atoms with E-state index in [1.807, 2.05) is 6.92 Å². The minimum absolute atomic E-state index is 0.00846. The van der Waals surface area contributed by atoms with Gasteiger partial charge in [0, 0.05) is 12.5 Å². The van der Waals surface area contributed by atoms with Crippen LogP contribution in [0.1, 0.15) is 26.7 Å². The molecule has 1 atom stereocenters. The molecular weight excluding hydrogens is 300 g/mol. The van der Waals surface area contributed by atoms with Gasteiger partial charge < -0.3 is 15.8 Å². The Labute approximate surface area is 125 Å². The van der Waals surface area contributed by atoms with Crippen molar-refractivity contribution in [1.82, 2.24) is 10.2 Å². The molecule has 3 N–H and O–H groups in total. The molecular formula is C11H18N4O3S2. The summed E-state index contributed by atoms with van der Waals surface area (Å²) in [6.07, 6.45) is 0.970. The molecule has 1 unspecified atom stereocenters. The summed E-state index contributed by atoms with van der Waals surface area (Å²) in [5, 5.41) is 10.8. The lowest BCUT2D eigenvalue weighted by molar-refractivity contribution is -0.139. The van der Waals surface area contributed by atoms with Crippen molar-refractivity contribution in [2.24, 2.45) is 5.73 Å². The first-order chi connectivity index (χ1) is 9.51. The second kappa shape index (κ2) is 8.88. The van der Waals surface area contributed by atoms with Crippen LogP contribution < -0.4 is 11.1 Å². The van der Waals surface area contributed by atoms with Gasteiger partial charge in [0.2, 0.25) is 11.0 Å². The third-order valence-corrected chi connectivity index (χ3v) is 4.04. The van der Waals surface area contributed by atoms with E-state index in [1.165, 1.54) is 23.1 Å². The normalized spacial score (nSPS) is 11.9. The van der Waals surface area contributed by atoms with Crippen molar-refractivity contribution < 1.29 is 14.3 Å². The van der Waals surface area contributed by atoms with Gasteiger partial charge in [-0.2, -0.15) is 0 Å². The highest BCUT2D eigenvalue weighted by Gasteiger charge is 2.11. The van der Waals surface area contributed by atoms with Gasteiger partial charge in [0.1, 0.15) is 0 Å². The van der Waals surface area contributed by atoms with Crippen LogP contribution in [0, 0.1) is 0 Å². The van der Waals surface area contributed by atoms with E-state index in [4.69, 9.17) is 10.5 Å². The number of esters is 1. The fourth-order valence-corrected chi connectivity index (χ4v) is 2.75. The van der Waals surface area contributed by atoms with Crippen LogP contribution in [0.25, 0.3) is 0 Å². The molecule has 0 aliphatic carbocycles. The highest BCUT2D eigenvalue weighted by Crippen LogP contribution is 2.25. The SMILES string of the molecule is CCOC(=O)CSc1nnc(NC(=O)CCC(C)N)s1. The Balaban J connectivity index is 2.35. The number of thioether (sulfide) groups is 1. The van der Waals surface area contributed by atoms with E-state index >= 15 is 0 Å². The number of hydrogen-bond acceptors (Lipinski definition) is 8. The van der Waals surface area contributed by atoms with Crippen molar-refractivity contribution in [3.8, 4) is 0 Å². The lowest BCUT2D eigenvalue weighted by atomic mass is 10.2. The van der Waals surface area contributed by atoms with Crippen LogP contribution in [-0.2, 0) is 14.3 Å². The number of rotatable bonds is 8. The van der Waals surface area contributed by atoms with Crippen LogP contribution in [0.5, 0.6) is 0 Å². The molecule has 7 nitrogen and oxygen atoms in total. The molecule has 0 fully saturated rings. The smallest absolute Gasteiger partial charge is 0.316 e. The highest BCUT2D eigenvalue weighted by molar-refractivity contribution is 8.01. The average molecular weight is 318 g/mol. The molecule has 0 aliphatic heterocycles. The number of carbonyl (C=O) groups is 2. The summed E-state index contributed by atoms with van der Waals surface area (Å²) in [4.78, 5) is 22.8. The molecule has 1 heterocycles. The molecule has 0 saturated carbocycles. The Morgan fingerprint density at radius 3 is 2.90 bits per heavy atom. The zero-order chi connectivity index (χ0) is 15.0. The molecule has 1 rings (SSSR count). The van der Waals surface area contributed by atoms with Gasteiger partial charge in [-0.15, -0.1) is 10.2 Å². The van der Waals surface area contributed by atoms with E-state index in [-0.39, 0.29) is 23.7 Å². The van der Waals surface area contributed by atoms with Crippen LogP contribution in [0.4, 0.5) is 5.13 Å². The fraction of sp³-hybridized carbons (Fsp3) is 0.636. The van der Waals surface area contributed by atoms with Crippen LogP contribution in [0.3, 0.4) is 0 Å². The summed E-state index contributed by atoms with van der Waals surface area (Å²) in [6.45, 7) is 3.96. The van der Waals surface area contributed by atoms with E-state index in [1.54, 1.807) is 6.92 Å². The predicted molar refractivity (Wildman–Crippen MR) is 78.8 cm³/mol. The van der Waals surface area contributed by atoms with Crippen LogP contribution in [-0.4, -0.2) is 40.5 Å². The molecule has 1 aromatic heterocycles. The maximum Gasteiger partial charge on any atom is 0.316 e. The van der Waals surface area contributed by atoms with Gasteiger partial charge in [-0.05, 0) is 20.3 Å². The summed E-state index contributed by atoms with van der Waals surface area (Å²) in [5.74, 6) is -0.253. The summed E-state index contributed by atoms with van der Waals surface area (Å²) in [7, 11) is 0. The number of anilines is 1. The van der Waals surface area contributed by atoms with Crippen LogP contribution >= 0.6 is 23.1 Å². The van der Waals surface area contributed by atoms with E-state index < -0.39 is 0 Å². The zero-order valence-electron chi connectivity index (χ0n) is 11.4. The Kier molecular flexibility index (Phi) is 7.48. The van der Waals surface area contributed by atoms with Gasteiger partial charge in [0.25, 0.3) is 0 Å². The second-order valence-corrected chi connectivity index (χ2v) is 6.23. The standard InChI is InChI=1S/C11H18N4O3S2/c1-3-18-9(17)6-19-11-15-14-10(20-11)13-8(16)5-4-7(2)12/h7H,3-6,12H2,1-2H3,(H,13,14,16). The van der Waals surface area contributed by atoms with Gasteiger partial charge in [0.15, 0.2) is 4.34 Å². The quantitative estimate of drug-likeness (QED) is 0.422. The molecule has 1 amide bonds. The first kappa shape index (κ1) is 16.9. The Morgan fingerprint density at radius 2 is 2.25 bits per heavy atom. The lowest BCUT2D eigenvalue weighted by Crippen LogP contribution is -2.19. The maximum absolute atomic E-state index is 11.6. The van der Waals surface area contributed by atoms with Gasteiger partial charge in [-0.1, -0.05) is 23.1 Å². The third kappa shape index (κ3) is 6.83. The minimum atomic E-state index is -0.296. The van der Waals surface area contributed by atoms with E-state index in [0.717, 1.165) is 0 Å². The summed E-state index contributed by atoms with van der Waals surface area (Å²) in [6, 6.07) is -0.00846. The summed E-state index contributed by atoms with van der Waals surface area (Å²) >= 11 is 2.46. The van der Waals surface area contributed by atoms with Crippen LogP contribution in [0.2, 0.25) is 0 Å². The van der Waals surface area contributed by atoms with Gasteiger partial charge in [-0.25, -0.2) is 0 Å². The number of nitrogens with zero attached hydrogens (tertiary/aromatic N) is 2. The molecule has 112 valence electrons. The highest BCUT2D eigenvalue weighted by atomic mass is 32.2. The molecule has 0 aromatic carbocycles. The average Bonchev–Trinajstić information content (AvgIpc) is 2.82. The Morgan fingerprint density at radius 1 is 1.50 bits per heavy atom. The van der Waals surface area contributed by atoms with E-state index in [9.17, 15) is 9.59 Å². The van der Waals surface area contributed by atoms with Gasteiger partial charge >= 0.3 is 5.97 Å². The van der Waals surface area contributed by atoms with Crippen molar-refractivity contribution >= 4 is 40.1 Å². The predicted octanol–water partition coefficient (Wildman–Crippen LogP) is 1.26. The van der Waals surface area contributed by atoms with Crippen LogP contribution in [0.15, 0.2) is 4.34 Å². The van der Waals surface area contributed by atoms with Crippen molar-refractivity contribution in [3.05, 3.63) is 0 Å². The Hall–Kier alpha value is -1.19. The molecule has 0 bridgehead atoms. The van der Waals surface area contributed by atoms with E-state index in [2.05, 4.69) is 15.5 Å². The minimum Gasteiger partial charge on any atom is -0.465 e. The lowest BCUT2D eigenvalue weighted by Gasteiger charge is -2.03. The number of amides is 1. The Bertz CT molecular complexity index is 451. The topological polar surface area (TPSA) is 107 Å². The zero-order valence-corrected chi connectivity index (χ0v) is 13.1.